The number of morpholine rings is 1. The fourth-order valence-electron chi connectivity index (χ4n) is 2.95. The van der Waals surface area contributed by atoms with E-state index in [1.165, 1.54) is 6.26 Å². The molecule has 2 fully saturated rings. The highest BCUT2D eigenvalue weighted by Crippen LogP contribution is 2.53. The van der Waals surface area contributed by atoms with Gasteiger partial charge in [0.1, 0.15) is 11.0 Å². The van der Waals surface area contributed by atoms with Gasteiger partial charge < -0.3 is 9.64 Å². The van der Waals surface area contributed by atoms with Crippen molar-refractivity contribution in [2.45, 2.75) is 30.6 Å². The number of ether oxygens (including phenoxy) is 1. The molecule has 2 heterocycles. The zero-order valence-electron chi connectivity index (χ0n) is 12.2. The maximum absolute atomic E-state index is 12.1. The third-order valence-electron chi connectivity index (χ3n) is 4.38. The van der Waals surface area contributed by atoms with Crippen LogP contribution in [-0.4, -0.2) is 45.5 Å². The van der Waals surface area contributed by atoms with E-state index in [1.807, 2.05) is 6.07 Å². The van der Waals surface area contributed by atoms with Crippen LogP contribution in [0.4, 0.5) is 5.82 Å². The van der Waals surface area contributed by atoms with E-state index < -0.39 is 14.6 Å². The molecule has 0 unspecified atom stereocenters. The Morgan fingerprint density at radius 2 is 2.14 bits per heavy atom. The predicted octanol–water partition coefficient (Wildman–Crippen LogP) is 1.99. The molecular weight excluding hydrogens is 312 g/mol. The van der Waals surface area contributed by atoms with Crippen molar-refractivity contribution >= 4 is 27.3 Å². The zero-order chi connectivity index (χ0) is 15.3. The van der Waals surface area contributed by atoms with Gasteiger partial charge in [0.25, 0.3) is 0 Å². The smallest absolute Gasteiger partial charge is 0.157 e. The van der Waals surface area contributed by atoms with E-state index in [4.69, 9.17) is 16.3 Å². The molecule has 1 aromatic heterocycles. The van der Waals surface area contributed by atoms with E-state index in [1.54, 1.807) is 6.07 Å². The summed E-state index contributed by atoms with van der Waals surface area (Å²) in [6, 6.07) is 3.76. The molecule has 1 aliphatic heterocycles. The molecule has 21 heavy (non-hydrogen) atoms. The van der Waals surface area contributed by atoms with Gasteiger partial charge in [0.05, 0.1) is 24.0 Å². The van der Waals surface area contributed by atoms with Crippen LogP contribution in [0.2, 0.25) is 5.15 Å². The van der Waals surface area contributed by atoms with Gasteiger partial charge in [-0.15, -0.1) is 0 Å². The van der Waals surface area contributed by atoms with Crippen molar-refractivity contribution in [3.63, 3.8) is 0 Å². The second-order valence-electron chi connectivity index (χ2n) is 5.92. The lowest BCUT2D eigenvalue weighted by molar-refractivity contribution is 0.0985. The average molecular weight is 331 g/mol. The molecule has 7 heteroatoms. The maximum atomic E-state index is 12.1. The molecule has 1 aliphatic carbocycles. The topological polar surface area (TPSA) is 59.5 Å². The van der Waals surface area contributed by atoms with Crippen LogP contribution in [0.5, 0.6) is 0 Å². The number of rotatable bonds is 3. The monoisotopic (exact) mass is 330 g/mol. The number of halogens is 1. The molecule has 1 saturated carbocycles. The van der Waals surface area contributed by atoms with Gasteiger partial charge in [-0.05, 0) is 37.5 Å². The first-order valence-electron chi connectivity index (χ1n) is 7.05. The predicted molar refractivity (Wildman–Crippen MR) is 82.6 cm³/mol. The molecule has 1 saturated heterocycles. The lowest BCUT2D eigenvalue weighted by Crippen LogP contribution is -2.44. The second kappa shape index (κ2) is 5.11. The van der Waals surface area contributed by atoms with Gasteiger partial charge in [0.15, 0.2) is 9.84 Å². The Labute approximate surface area is 130 Å². The van der Waals surface area contributed by atoms with Gasteiger partial charge in [0.2, 0.25) is 0 Å². The minimum absolute atomic E-state index is 0.200. The van der Waals surface area contributed by atoms with Crippen LogP contribution in [0.25, 0.3) is 0 Å². The lowest BCUT2D eigenvalue weighted by Gasteiger charge is -2.34. The van der Waals surface area contributed by atoms with Crippen LogP contribution in [0.15, 0.2) is 12.1 Å². The molecule has 0 bridgehead atoms. The number of hydrogen-bond acceptors (Lipinski definition) is 5. The number of pyridine rings is 1. The summed E-state index contributed by atoms with van der Waals surface area (Å²) in [7, 11) is -3.15. The Morgan fingerprint density at radius 1 is 1.43 bits per heavy atom. The summed E-state index contributed by atoms with van der Waals surface area (Å²) in [6.45, 7) is 4.08. The summed E-state index contributed by atoms with van der Waals surface area (Å²) >= 11 is 6.14. The van der Waals surface area contributed by atoms with Crippen molar-refractivity contribution in [2.75, 3.05) is 30.9 Å². The summed E-state index contributed by atoms with van der Waals surface area (Å²) < 4.78 is 28.8. The van der Waals surface area contributed by atoms with E-state index in [-0.39, 0.29) is 6.04 Å². The zero-order valence-corrected chi connectivity index (χ0v) is 13.7. The molecule has 2 aliphatic rings. The van der Waals surface area contributed by atoms with Gasteiger partial charge in [0, 0.05) is 12.8 Å². The van der Waals surface area contributed by atoms with Crippen LogP contribution in [0, 0.1) is 0 Å². The Balaban J connectivity index is 2.01. The van der Waals surface area contributed by atoms with Crippen molar-refractivity contribution in [3.05, 3.63) is 22.8 Å². The van der Waals surface area contributed by atoms with Crippen LogP contribution < -0.4 is 4.90 Å². The third-order valence-corrected chi connectivity index (χ3v) is 6.64. The molecule has 116 valence electrons. The first-order valence-corrected chi connectivity index (χ1v) is 9.32. The quantitative estimate of drug-likeness (QED) is 0.793. The van der Waals surface area contributed by atoms with Crippen LogP contribution >= 0.6 is 11.6 Å². The molecule has 0 aromatic carbocycles. The maximum Gasteiger partial charge on any atom is 0.157 e. The van der Waals surface area contributed by atoms with Crippen molar-refractivity contribution in [2.24, 2.45) is 0 Å². The van der Waals surface area contributed by atoms with Crippen molar-refractivity contribution < 1.29 is 13.2 Å². The summed E-state index contributed by atoms with van der Waals surface area (Å²) in [5.41, 5.74) is 0.763. The van der Waals surface area contributed by atoms with Crippen LogP contribution in [-0.2, 0) is 19.3 Å². The Bertz CT molecular complexity index is 658. The number of aromatic nitrogens is 1. The molecular formula is C14H19ClN2O3S. The normalized spacial score (nSPS) is 24.9. The second-order valence-corrected chi connectivity index (χ2v) is 8.63. The molecule has 1 atom stereocenters. The minimum atomic E-state index is -3.15. The molecule has 1 aromatic rings. The highest BCUT2D eigenvalue weighted by Gasteiger charge is 2.53. The average Bonchev–Trinajstić information content (AvgIpc) is 3.19. The van der Waals surface area contributed by atoms with Crippen LogP contribution in [0.1, 0.15) is 25.3 Å². The van der Waals surface area contributed by atoms with E-state index in [9.17, 15) is 8.42 Å². The SMILES string of the molecule is C[C@H]1COCCN1c1cc(C2(S(C)(=O)=O)CC2)cc(Cl)n1. The number of nitrogens with zero attached hydrogens (tertiary/aromatic N) is 2. The molecule has 0 spiro atoms. The fraction of sp³-hybridized carbons (Fsp3) is 0.643. The first kappa shape index (κ1) is 15.1. The van der Waals surface area contributed by atoms with Crippen molar-refractivity contribution in [1.29, 1.82) is 0 Å². The van der Waals surface area contributed by atoms with E-state index in [2.05, 4.69) is 16.8 Å². The summed E-state index contributed by atoms with van der Waals surface area (Å²) in [5.74, 6) is 0.739. The molecule has 0 N–H and O–H groups in total. The number of hydrogen-bond donors (Lipinski definition) is 0. The van der Waals surface area contributed by atoms with Gasteiger partial charge in [-0.2, -0.15) is 0 Å². The fourth-order valence-corrected chi connectivity index (χ4v) is 4.54. The van der Waals surface area contributed by atoms with Crippen molar-refractivity contribution in [1.82, 2.24) is 4.98 Å². The number of anilines is 1. The molecule has 0 amide bonds. The van der Waals surface area contributed by atoms with Gasteiger partial charge in [-0.1, -0.05) is 11.6 Å². The van der Waals surface area contributed by atoms with E-state index in [0.717, 1.165) is 17.9 Å². The van der Waals surface area contributed by atoms with Crippen LogP contribution in [0.3, 0.4) is 0 Å². The summed E-state index contributed by atoms with van der Waals surface area (Å²) in [6.07, 6.45) is 2.61. The molecule has 0 radical (unpaired) electrons. The first-order chi connectivity index (χ1) is 9.83. The Hall–Kier alpha value is -0.850. The minimum Gasteiger partial charge on any atom is -0.377 e. The largest absolute Gasteiger partial charge is 0.377 e. The highest BCUT2D eigenvalue weighted by molar-refractivity contribution is 7.92. The van der Waals surface area contributed by atoms with Gasteiger partial charge >= 0.3 is 0 Å². The summed E-state index contributed by atoms with van der Waals surface area (Å²) in [4.78, 5) is 6.49. The van der Waals surface area contributed by atoms with Gasteiger partial charge in [-0.25, -0.2) is 13.4 Å². The standard InChI is InChI=1S/C14H19ClN2O3S/c1-10-9-20-6-5-17(10)13-8-11(7-12(15)16-13)14(3-4-14)21(2,18)19/h7-8,10H,3-6,9H2,1-2H3/t10-/m0/s1. The molecule has 5 nitrogen and oxygen atoms in total. The Kier molecular flexibility index (Phi) is 3.66. The van der Waals surface area contributed by atoms with Gasteiger partial charge in [-0.3, -0.25) is 0 Å². The number of sulfone groups is 1. The lowest BCUT2D eigenvalue weighted by atomic mass is 10.1. The van der Waals surface area contributed by atoms with E-state index >= 15 is 0 Å². The molecule has 3 rings (SSSR count). The van der Waals surface area contributed by atoms with Crippen molar-refractivity contribution in [3.8, 4) is 0 Å². The van der Waals surface area contributed by atoms with E-state index in [0.29, 0.717) is 31.2 Å². The summed E-state index contributed by atoms with van der Waals surface area (Å²) in [5, 5.41) is 0.344. The Morgan fingerprint density at radius 3 is 2.71 bits per heavy atom. The third kappa shape index (κ3) is 2.64. The highest BCUT2D eigenvalue weighted by atomic mass is 35.5.